The largest absolute Gasteiger partial charge is 0.396 e. The van der Waals surface area contributed by atoms with Crippen LogP contribution in [-0.4, -0.2) is 42.5 Å². The van der Waals surface area contributed by atoms with E-state index in [4.69, 9.17) is 5.26 Å². The topological polar surface area (TPSA) is 114 Å². The lowest BCUT2D eigenvalue weighted by Gasteiger charge is -2.30. The fraction of sp³-hybridized carbons (Fsp3) is 0.333. The van der Waals surface area contributed by atoms with Crippen molar-refractivity contribution in [2.45, 2.75) is 17.7 Å². The van der Waals surface area contributed by atoms with E-state index in [1.165, 1.54) is 22.5 Å². The van der Waals surface area contributed by atoms with E-state index >= 15 is 0 Å². The summed E-state index contributed by atoms with van der Waals surface area (Å²) in [5.41, 5.74) is 0.704. The number of benzene rings is 1. The molecule has 1 aromatic carbocycles. The molecule has 1 aliphatic heterocycles. The molecular weight excluding hydrogens is 354 g/mol. The summed E-state index contributed by atoms with van der Waals surface area (Å²) in [4.78, 5) is 14.5. The van der Waals surface area contributed by atoms with Gasteiger partial charge in [-0.2, -0.15) is 9.57 Å². The third kappa shape index (κ3) is 3.55. The number of sulfonamides is 1. The highest BCUT2D eigenvalue weighted by Crippen LogP contribution is 2.25. The number of piperidine rings is 1. The number of nitrogens with zero attached hydrogens (tertiary/aromatic N) is 2. The summed E-state index contributed by atoms with van der Waals surface area (Å²) in [6.07, 6.45) is 1.56. The number of pyridine rings is 1. The molecule has 0 amide bonds. The minimum absolute atomic E-state index is 0.0169. The highest BCUT2D eigenvalue weighted by molar-refractivity contribution is 7.89. The molecule has 1 saturated heterocycles. The summed E-state index contributed by atoms with van der Waals surface area (Å²) in [7, 11) is -3.62. The molecule has 1 aromatic heterocycles. The molecule has 2 aromatic rings. The van der Waals surface area contributed by atoms with Crippen molar-refractivity contribution in [3.05, 3.63) is 52.3 Å². The number of H-pyrrole nitrogens is 1. The number of rotatable bonds is 4. The highest BCUT2D eigenvalue weighted by Gasteiger charge is 2.29. The summed E-state index contributed by atoms with van der Waals surface area (Å²) < 4.78 is 27.0. The molecule has 2 N–H and O–H groups in total. The number of aromatic amines is 1. The van der Waals surface area contributed by atoms with Crippen LogP contribution in [0.4, 0.5) is 0 Å². The van der Waals surface area contributed by atoms with Crippen molar-refractivity contribution >= 4 is 10.0 Å². The van der Waals surface area contributed by atoms with Crippen LogP contribution in [0.25, 0.3) is 11.3 Å². The van der Waals surface area contributed by atoms with E-state index in [-0.39, 0.29) is 23.0 Å². The van der Waals surface area contributed by atoms with Gasteiger partial charge in [-0.3, -0.25) is 4.79 Å². The minimum Gasteiger partial charge on any atom is -0.396 e. The predicted octanol–water partition coefficient (Wildman–Crippen LogP) is 1.31. The molecule has 0 spiro atoms. The van der Waals surface area contributed by atoms with Gasteiger partial charge >= 0.3 is 0 Å². The van der Waals surface area contributed by atoms with Crippen molar-refractivity contribution in [2.24, 2.45) is 5.92 Å². The van der Waals surface area contributed by atoms with Gasteiger partial charge in [0.2, 0.25) is 10.0 Å². The first-order valence-corrected chi connectivity index (χ1v) is 9.74. The van der Waals surface area contributed by atoms with Crippen LogP contribution in [0.1, 0.15) is 18.4 Å². The molecule has 136 valence electrons. The fourth-order valence-corrected chi connectivity index (χ4v) is 4.63. The second-order valence-electron chi connectivity index (χ2n) is 6.30. The number of hydrogen-bond donors (Lipinski definition) is 2. The van der Waals surface area contributed by atoms with Crippen molar-refractivity contribution in [1.29, 1.82) is 5.26 Å². The molecule has 8 heteroatoms. The molecule has 1 unspecified atom stereocenters. The quantitative estimate of drug-likeness (QED) is 0.838. The van der Waals surface area contributed by atoms with Gasteiger partial charge in [0, 0.05) is 25.4 Å². The van der Waals surface area contributed by atoms with E-state index in [1.807, 2.05) is 0 Å². The normalized spacial score (nSPS) is 18.4. The number of hydrogen-bond acceptors (Lipinski definition) is 5. The Bertz CT molecular complexity index is 990. The van der Waals surface area contributed by atoms with Crippen molar-refractivity contribution in [3.8, 4) is 17.3 Å². The molecule has 1 atom stereocenters. The Labute approximate surface area is 151 Å². The van der Waals surface area contributed by atoms with E-state index in [9.17, 15) is 18.3 Å². The number of aliphatic hydroxyl groups is 1. The number of nitrogens with one attached hydrogen (secondary N) is 1. The van der Waals surface area contributed by atoms with Gasteiger partial charge in [0.15, 0.2) is 0 Å². The molecule has 0 bridgehead atoms. The SMILES string of the molecule is N#Cc1ccc(-c2ccc(S(=O)(=O)N3CCCC(CO)C3)cc2)[nH]c1=O. The van der Waals surface area contributed by atoms with E-state index in [2.05, 4.69) is 4.98 Å². The Hall–Kier alpha value is -2.47. The van der Waals surface area contributed by atoms with Gasteiger partial charge in [-0.25, -0.2) is 8.42 Å². The van der Waals surface area contributed by atoms with Gasteiger partial charge < -0.3 is 10.1 Å². The van der Waals surface area contributed by atoms with Gasteiger partial charge in [0.1, 0.15) is 11.6 Å². The van der Waals surface area contributed by atoms with E-state index in [1.54, 1.807) is 24.3 Å². The van der Waals surface area contributed by atoms with Gasteiger partial charge in [-0.05, 0) is 48.6 Å². The lowest BCUT2D eigenvalue weighted by Crippen LogP contribution is -2.40. The minimum atomic E-state index is -3.62. The van der Waals surface area contributed by atoms with E-state index < -0.39 is 15.6 Å². The van der Waals surface area contributed by atoms with Crippen LogP contribution in [0.15, 0.2) is 46.1 Å². The van der Waals surface area contributed by atoms with Crippen LogP contribution < -0.4 is 5.56 Å². The monoisotopic (exact) mass is 373 g/mol. The first-order valence-electron chi connectivity index (χ1n) is 8.30. The molecule has 7 nitrogen and oxygen atoms in total. The summed E-state index contributed by atoms with van der Waals surface area (Å²) >= 11 is 0. The Balaban J connectivity index is 1.86. The lowest BCUT2D eigenvalue weighted by atomic mass is 10.0. The molecule has 0 aliphatic carbocycles. The molecule has 0 saturated carbocycles. The van der Waals surface area contributed by atoms with Gasteiger partial charge in [0.05, 0.1) is 4.90 Å². The zero-order chi connectivity index (χ0) is 18.7. The second-order valence-corrected chi connectivity index (χ2v) is 8.24. The average molecular weight is 373 g/mol. The third-order valence-corrected chi connectivity index (χ3v) is 6.45. The maximum Gasteiger partial charge on any atom is 0.266 e. The van der Waals surface area contributed by atoms with Crippen molar-refractivity contribution in [3.63, 3.8) is 0 Å². The molecule has 26 heavy (non-hydrogen) atoms. The van der Waals surface area contributed by atoms with Crippen molar-refractivity contribution in [2.75, 3.05) is 19.7 Å². The van der Waals surface area contributed by atoms with Crippen LogP contribution in [0.5, 0.6) is 0 Å². The molecule has 3 rings (SSSR count). The zero-order valence-corrected chi connectivity index (χ0v) is 14.9. The van der Waals surface area contributed by atoms with Crippen LogP contribution in [0.3, 0.4) is 0 Å². The summed E-state index contributed by atoms with van der Waals surface area (Å²) in [6, 6.07) is 11.1. The predicted molar refractivity (Wildman–Crippen MR) is 95.8 cm³/mol. The second kappa shape index (κ2) is 7.41. The number of aromatic nitrogens is 1. The Morgan fingerprint density at radius 2 is 1.96 bits per heavy atom. The Kier molecular flexibility index (Phi) is 5.23. The standard InChI is InChI=1S/C18H19N3O4S/c19-10-15-5-8-17(20-18(15)23)14-3-6-16(7-4-14)26(24,25)21-9-1-2-13(11-21)12-22/h3-8,13,22H,1-2,9,11-12H2,(H,20,23). The summed E-state index contributed by atoms with van der Waals surface area (Å²) in [5.74, 6) is -0.0264. The number of nitriles is 1. The molecule has 1 fully saturated rings. The van der Waals surface area contributed by atoms with Crippen molar-refractivity contribution < 1.29 is 13.5 Å². The van der Waals surface area contributed by atoms with Crippen LogP contribution in [0, 0.1) is 17.2 Å². The zero-order valence-electron chi connectivity index (χ0n) is 14.1. The highest BCUT2D eigenvalue weighted by atomic mass is 32.2. The molecule has 1 aliphatic rings. The smallest absolute Gasteiger partial charge is 0.266 e. The lowest BCUT2D eigenvalue weighted by molar-refractivity contribution is 0.165. The van der Waals surface area contributed by atoms with Gasteiger partial charge in [-0.1, -0.05) is 12.1 Å². The van der Waals surface area contributed by atoms with Gasteiger partial charge in [-0.15, -0.1) is 0 Å². The molecule has 0 radical (unpaired) electrons. The first-order chi connectivity index (χ1) is 12.5. The average Bonchev–Trinajstić information content (AvgIpc) is 2.68. The van der Waals surface area contributed by atoms with Crippen molar-refractivity contribution in [1.82, 2.24) is 9.29 Å². The number of aliphatic hydroxyl groups excluding tert-OH is 1. The summed E-state index contributed by atoms with van der Waals surface area (Å²) in [6.45, 7) is 0.754. The van der Waals surface area contributed by atoms with Crippen LogP contribution in [-0.2, 0) is 10.0 Å². The molecular formula is C18H19N3O4S. The maximum atomic E-state index is 12.8. The Morgan fingerprint density at radius 3 is 2.58 bits per heavy atom. The third-order valence-electron chi connectivity index (χ3n) is 4.57. The maximum absolute atomic E-state index is 12.8. The fourth-order valence-electron chi connectivity index (χ4n) is 3.08. The van der Waals surface area contributed by atoms with Crippen LogP contribution in [0.2, 0.25) is 0 Å². The summed E-state index contributed by atoms with van der Waals surface area (Å²) in [5, 5.41) is 18.1. The first kappa shape index (κ1) is 18.3. The van der Waals surface area contributed by atoms with Gasteiger partial charge in [0.25, 0.3) is 5.56 Å². The van der Waals surface area contributed by atoms with Crippen LogP contribution >= 0.6 is 0 Å². The van der Waals surface area contributed by atoms with E-state index in [0.29, 0.717) is 24.3 Å². The molecule has 2 heterocycles. The Morgan fingerprint density at radius 1 is 1.23 bits per heavy atom. The van der Waals surface area contributed by atoms with E-state index in [0.717, 1.165) is 12.8 Å².